The Morgan fingerprint density at radius 2 is 2.04 bits per heavy atom. The number of nitrogens with zero attached hydrogens (tertiary/aromatic N) is 2. The summed E-state index contributed by atoms with van der Waals surface area (Å²) in [6.45, 7) is 4.45. The molecular weight excluding hydrogens is 320 g/mol. The van der Waals surface area contributed by atoms with Crippen LogP contribution in [0.5, 0.6) is 0 Å². The van der Waals surface area contributed by atoms with Gasteiger partial charge in [-0.3, -0.25) is 9.78 Å². The third-order valence-electron chi connectivity index (χ3n) is 4.28. The Balaban J connectivity index is 1.87. The smallest absolute Gasteiger partial charge is 0.254 e. The number of rotatable bonds is 2. The van der Waals surface area contributed by atoms with E-state index in [-0.39, 0.29) is 5.91 Å². The number of hydrogen-bond acceptors (Lipinski definition) is 4. The maximum Gasteiger partial charge on any atom is 0.254 e. The van der Waals surface area contributed by atoms with Gasteiger partial charge >= 0.3 is 0 Å². The van der Waals surface area contributed by atoms with Crippen molar-refractivity contribution in [3.8, 4) is 10.4 Å². The molecular formula is C19H18N2O2S. The predicted octanol–water partition coefficient (Wildman–Crippen LogP) is 3.74. The molecule has 0 unspecified atom stereocenters. The monoisotopic (exact) mass is 338 g/mol. The van der Waals surface area contributed by atoms with Crippen LogP contribution in [0, 0.1) is 6.92 Å². The Bertz CT molecular complexity index is 884. The topological polar surface area (TPSA) is 42.4 Å². The van der Waals surface area contributed by atoms with Crippen molar-refractivity contribution in [1.82, 2.24) is 9.88 Å². The van der Waals surface area contributed by atoms with Gasteiger partial charge in [0.2, 0.25) is 0 Å². The molecule has 1 fully saturated rings. The molecule has 1 aliphatic rings. The number of fused-ring (bicyclic) bond motifs is 1. The summed E-state index contributed by atoms with van der Waals surface area (Å²) in [6.07, 6.45) is 0. The molecule has 0 atom stereocenters. The van der Waals surface area contributed by atoms with Gasteiger partial charge in [0.25, 0.3) is 5.91 Å². The van der Waals surface area contributed by atoms with E-state index in [0.29, 0.717) is 26.3 Å². The SMILES string of the molecule is Cc1cc(C(=O)N2CCOCC2)c2cccc(-c3cccs3)c2n1. The summed E-state index contributed by atoms with van der Waals surface area (Å²) in [6, 6.07) is 12.1. The van der Waals surface area contributed by atoms with Crippen molar-refractivity contribution in [3.63, 3.8) is 0 Å². The molecule has 1 amide bonds. The molecule has 1 aromatic carbocycles. The van der Waals surface area contributed by atoms with E-state index in [9.17, 15) is 4.79 Å². The second kappa shape index (κ2) is 6.34. The molecule has 5 heteroatoms. The van der Waals surface area contributed by atoms with Crippen LogP contribution < -0.4 is 0 Å². The second-order valence-electron chi connectivity index (χ2n) is 5.89. The number of benzene rings is 1. The summed E-state index contributed by atoms with van der Waals surface area (Å²) in [5.74, 6) is 0.0668. The number of ether oxygens (including phenoxy) is 1. The van der Waals surface area contributed by atoms with Gasteiger partial charge in [-0.05, 0) is 24.4 Å². The van der Waals surface area contributed by atoms with Crippen molar-refractivity contribution < 1.29 is 9.53 Å². The van der Waals surface area contributed by atoms with E-state index >= 15 is 0 Å². The first-order valence-corrected chi connectivity index (χ1v) is 8.93. The van der Waals surface area contributed by atoms with Gasteiger partial charge in [-0.2, -0.15) is 0 Å². The minimum atomic E-state index is 0.0668. The van der Waals surface area contributed by atoms with E-state index in [1.54, 1.807) is 11.3 Å². The lowest BCUT2D eigenvalue weighted by atomic mass is 10.0. The highest BCUT2D eigenvalue weighted by molar-refractivity contribution is 7.13. The molecule has 1 saturated heterocycles. The summed E-state index contributed by atoms with van der Waals surface area (Å²) in [5, 5.41) is 2.98. The largest absolute Gasteiger partial charge is 0.378 e. The first-order valence-electron chi connectivity index (χ1n) is 8.05. The van der Waals surface area contributed by atoms with E-state index in [1.165, 1.54) is 4.88 Å². The summed E-state index contributed by atoms with van der Waals surface area (Å²) in [5.41, 5.74) is 3.58. The minimum absolute atomic E-state index is 0.0668. The van der Waals surface area contributed by atoms with Crippen LogP contribution in [0.3, 0.4) is 0 Å². The van der Waals surface area contributed by atoms with Crippen LogP contribution in [0.25, 0.3) is 21.3 Å². The zero-order valence-corrected chi connectivity index (χ0v) is 14.3. The Morgan fingerprint density at radius 3 is 2.79 bits per heavy atom. The number of pyridine rings is 1. The van der Waals surface area contributed by atoms with Gasteiger partial charge in [-0.15, -0.1) is 11.3 Å². The molecule has 4 nitrogen and oxygen atoms in total. The van der Waals surface area contributed by atoms with Crippen LogP contribution in [0.15, 0.2) is 41.8 Å². The van der Waals surface area contributed by atoms with Gasteiger partial charge in [0, 0.05) is 34.6 Å². The summed E-state index contributed by atoms with van der Waals surface area (Å²) in [7, 11) is 0. The van der Waals surface area contributed by atoms with Crippen molar-refractivity contribution in [2.75, 3.05) is 26.3 Å². The van der Waals surface area contributed by atoms with Crippen LogP contribution in [0.4, 0.5) is 0 Å². The van der Waals surface area contributed by atoms with Gasteiger partial charge in [0.1, 0.15) is 0 Å². The molecule has 3 heterocycles. The van der Waals surface area contributed by atoms with E-state index in [1.807, 2.05) is 36.1 Å². The molecule has 2 aromatic heterocycles. The van der Waals surface area contributed by atoms with Crippen LogP contribution in [0.1, 0.15) is 16.1 Å². The highest BCUT2D eigenvalue weighted by Gasteiger charge is 2.22. The Morgan fingerprint density at radius 1 is 1.21 bits per heavy atom. The fraction of sp³-hybridized carbons (Fsp3) is 0.263. The quantitative estimate of drug-likeness (QED) is 0.715. The van der Waals surface area contributed by atoms with Crippen molar-refractivity contribution in [2.24, 2.45) is 0 Å². The zero-order valence-electron chi connectivity index (χ0n) is 13.5. The van der Waals surface area contributed by atoms with E-state index in [0.717, 1.165) is 27.7 Å². The lowest BCUT2D eigenvalue weighted by Crippen LogP contribution is -2.40. The third-order valence-corrected chi connectivity index (χ3v) is 5.19. The normalized spacial score (nSPS) is 15.0. The number of amides is 1. The minimum Gasteiger partial charge on any atom is -0.378 e. The number of morpholine rings is 1. The zero-order chi connectivity index (χ0) is 16.5. The second-order valence-corrected chi connectivity index (χ2v) is 6.84. The van der Waals surface area contributed by atoms with Crippen LogP contribution >= 0.6 is 11.3 Å². The first-order chi connectivity index (χ1) is 11.7. The third kappa shape index (κ3) is 2.70. The van der Waals surface area contributed by atoms with Crippen LogP contribution in [-0.2, 0) is 4.74 Å². The molecule has 24 heavy (non-hydrogen) atoms. The molecule has 4 rings (SSSR count). The van der Waals surface area contributed by atoms with Gasteiger partial charge in [-0.1, -0.05) is 24.3 Å². The number of carbonyl (C=O) groups is 1. The number of hydrogen-bond donors (Lipinski definition) is 0. The summed E-state index contributed by atoms with van der Waals surface area (Å²) < 4.78 is 5.36. The molecule has 0 bridgehead atoms. The molecule has 3 aromatic rings. The maximum absolute atomic E-state index is 13.0. The predicted molar refractivity (Wildman–Crippen MR) is 96.5 cm³/mol. The molecule has 1 aliphatic heterocycles. The number of aromatic nitrogens is 1. The average Bonchev–Trinajstić information content (AvgIpc) is 3.15. The Kier molecular flexibility index (Phi) is 4.04. The standard InChI is InChI=1S/C19H18N2O2S/c1-13-12-16(19(22)21-7-9-23-10-8-21)14-4-2-5-15(18(14)20-13)17-6-3-11-24-17/h2-6,11-12H,7-10H2,1H3. The van der Waals surface area contributed by atoms with Gasteiger partial charge < -0.3 is 9.64 Å². The molecule has 0 N–H and O–H groups in total. The van der Waals surface area contributed by atoms with Crippen LogP contribution in [-0.4, -0.2) is 42.1 Å². The Labute approximate surface area is 144 Å². The van der Waals surface area contributed by atoms with Crippen LogP contribution in [0.2, 0.25) is 0 Å². The first kappa shape index (κ1) is 15.3. The molecule has 0 radical (unpaired) electrons. The molecule has 0 aliphatic carbocycles. The number of aryl methyl sites for hydroxylation is 1. The van der Waals surface area contributed by atoms with Crippen molar-refractivity contribution in [1.29, 1.82) is 0 Å². The summed E-state index contributed by atoms with van der Waals surface area (Å²) >= 11 is 1.69. The molecule has 0 spiro atoms. The Hall–Kier alpha value is -2.24. The number of para-hydroxylation sites is 1. The number of thiophene rings is 1. The lowest BCUT2D eigenvalue weighted by Gasteiger charge is -2.27. The maximum atomic E-state index is 13.0. The van der Waals surface area contributed by atoms with Gasteiger partial charge in [0.05, 0.1) is 24.3 Å². The fourth-order valence-electron chi connectivity index (χ4n) is 3.12. The van der Waals surface area contributed by atoms with Crippen molar-refractivity contribution in [3.05, 3.63) is 53.0 Å². The fourth-order valence-corrected chi connectivity index (χ4v) is 3.87. The van der Waals surface area contributed by atoms with E-state index < -0.39 is 0 Å². The van der Waals surface area contributed by atoms with Gasteiger partial charge in [-0.25, -0.2) is 0 Å². The highest BCUT2D eigenvalue weighted by Crippen LogP contribution is 2.32. The molecule has 122 valence electrons. The number of carbonyl (C=O) groups excluding carboxylic acids is 1. The summed E-state index contributed by atoms with van der Waals surface area (Å²) in [4.78, 5) is 20.8. The van der Waals surface area contributed by atoms with Crippen molar-refractivity contribution in [2.45, 2.75) is 6.92 Å². The highest BCUT2D eigenvalue weighted by atomic mass is 32.1. The van der Waals surface area contributed by atoms with E-state index in [4.69, 9.17) is 9.72 Å². The van der Waals surface area contributed by atoms with E-state index in [2.05, 4.69) is 17.5 Å². The molecule has 0 saturated carbocycles. The van der Waals surface area contributed by atoms with Crippen molar-refractivity contribution >= 4 is 28.1 Å². The average molecular weight is 338 g/mol. The van der Waals surface area contributed by atoms with Gasteiger partial charge in [0.15, 0.2) is 0 Å². The lowest BCUT2D eigenvalue weighted by molar-refractivity contribution is 0.0304.